The van der Waals surface area contributed by atoms with Crippen LogP contribution in [0.1, 0.15) is 5.56 Å². The molecule has 3 aromatic rings. The maximum atomic E-state index is 11.9. The van der Waals surface area contributed by atoms with E-state index in [0.29, 0.717) is 26.7 Å². The Morgan fingerprint density at radius 2 is 2.11 bits per heavy atom. The van der Waals surface area contributed by atoms with E-state index in [2.05, 4.69) is 31.4 Å². The number of amides is 1. The smallest absolute Gasteiger partial charge is 0.277 e. The summed E-state index contributed by atoms with van der Waals surface area (Å²) in [6.07, 6.45) is 1.45. The van der Waals surface area contributed by atoms with E-state index in [1.165, 1.54) is 6.21 Å². The number of fused-ring (bicyclic) bond motifs is 1. The fourth-order valence-corrected chi connectivity index (χ4v) is 2.94. The van der Waals surface area contributed by atoms with E-state index in [9.17, 15) is 4.79 Å². The number of ether oxygens (including phenoxy) is 2. The molecule has 0 unspecified atom stereocenters. The summed E-state index contributed by atoms with van der Waals surface area (Å²) in [4.78, 5) is 16.2. The molecule has 1 amide bonds. The molecule has 0 aliphatic carbocycles. The summed E-state index contributed by atoms with van der Waals surface area (Å²) in [5.74, 6) is 0.805. The lowest BCUT2D eigenvalue weighted by Gasteiger charge is -2.08. The highest BCUT2D eigenvalue weighted by Gasteiger charge is 2.07. The number of carbonyl (C=O) groups excluding carboxylic acids is 1. The fraction of sp³-hybridized carbons (Fsp3) is 0.105. The van der Waals surface area contributed by atoms with Crippen LogP contribution < -0.4 is 14.9 Å². The van der Waals surface area contributed by atoms with Gasteiger partial charge in [0.1, 0.15) is 16.7 Å². The van der Waals surface area contributed by atoms with E-state index >= 15 is 0 Å². The summed E-state index contributed by atoms with van der Waals surface area (Å²) in [5, 5.41) is 5.15. The Morgan fingerprint density at radius 1 is 1.30 bits per heavy atom. The van der Waals surface area contributed by atoms with Gasteiger partial charge in [0.05, 0.1) is 23.3 Å². The molecule has 2 aromatic carbocycles. The van der Waals surface area contributed by atoms with Crippen molar-refractivity contribution >= 4 is 50.6 Å². The maximum absolute atomic E-state index is 11.9. The summed E-state index contributed by atoms with van der Waals surface area (Å²) in [6, 6.07) is 14.7. The van der Waals surface area contributed by atoms with Crippen molar-refractivity contribution in [1.82, 2.24) is 10.4 Å². The van der Waals surface area contributed by atoms with Crippen LogP contribution in [0.4, 0.5) is 0 Å². The Labute approximate surface area is 169 Å². The van der Waals surface area contributed by atoms with Crippen molar-refractivity contribution in [3.05, 3.63) is 63.7 Å². The lowest BCUT2D eigenvalue weighted by molar-refractivity contribution is -0.123. The molecule has 3 rings (SSSR count). The van der Waals surface area contributed by atoms with Crippen LogP contribution in [0, 0.1) is 0 Å². The summed E-state index contributed by atoms with van der Waals surface area (Å²) >= 11 is 9.51. The number of carbonyl (C=O) groups is 1. The van der Waals surface area contributed by atoms with Crippen LogP contribution in [0.25, 0.3) is 10.9 Å². The Morgan fingerprint density at radius 3 is 2.89 bits per heavy atom. The number of methoxy groups -OCH3 is 1. The van der Waals surface area contributed by atoms with Gasteiger partial charge in [-0.3, -0.25) is 4.79 Å². The van der Waals surface area contributed by atoms with Crippen LogP contribution in [0.3, 0.4) is 0 Å². The van der Waals surface area contributed by atoms with E-state index in [-0.39, 0.29) is 6.61 Å². The molecule has 0 radical (unpaired) electrons. The first-order valence-corrected chi connectivity index (χ1v) is 9.07. The van der Waals surface area contributed by atoms with Gasteiger partial charge < -0.3 is 9.47 Å². The van der Waals surface area contributed by atoms with Crippen molar-refractivity contribution in [2.45, 2.75) is 0 Å². The number of hydrogen-bond acceptors (Lipinski definition) is 5. The molecule has 1 N–H and O–H groups in total. The topological polar surface area (TPSA) is 72.8 Å². The van der Waals surface area contributed by atoms with Crippen molar-refractivity contribution in [1.29, 1.82) is 0 Å². The van der Waals surface area contributed by atoms with Gasteiger partial charge in [0.15, 0.2) is 6.61 Å². The number of aromatic nitrogens is 1. The number of hydrogen-bond donors (Lipinski definition) is 1. The number of nitrogens with zero attached hydrogens (tertiary/aromatic N) is 2. The molecule has 0 saturated heterocycles. The SMILES string of the molecule is COc1ccc(OCC(=O)N/N=C/c2cc3ccccc3nc2Cl)c(Br)c1. The molecule has 6 nitrogen and oxygen atoms in total. The van der Waals surface area contributed by atoms with Crippen molar-refractivity contribution in [3.8, 4) is 11.5 Å². The van der Waals surface area contributed by atoms with E-state index in [4.69, 9.17) is 21.1 Å². The van der Waals surface area contributed by atoms with Gasteiger partial charge in [-0.2, -0.15) is 5.10 Å². The van der Waals surface area contributed by atoms with E-state index in [0.717, 1.165) is 10.9 Å². The number of nitrogens with one attached hydrogen (secondary N) is 1. The van der Waals surface area contributed by atoms with Gasteiger partial charge in [-0.15, -0.1) is 0 Å². The van der Waals surface area contributed by atoms with Gasteiger partial charge >= 0.3 is 0 Å². The summed E-state index contributed by atoms with van der Waals surface area (Å²) in [5.41, 5.74) is 3.80. The second kappa shape index (κ2) is 8.83. The fourth-order valence-electron chi connectivity index (χ4n) is 2.27. The zero-order valence-corrected chi connectivity index (χ0v) is 16.6. The summed E-state index contributed by atoms with van der Waals surface area (Å²) in [6.45, 7) is -0.189. The number of para-hydroxylation sites is 1. The zero-order chi connectivity index (χ0) is 19.2. The van der Waals surface area contributed by atoms with Crippen LogP contribution in [-0.2, 0) is 4.79 Å². The van der Waals surface area contributed by atoms with E-state index in [1.54, 1.807) is 25.3 Å². The maximum Gasteiger partial charge on any atom is 0.277 e. The molecule has 0 aliphatic heterocycles. The monoisotopic (exact) mass is 447 g/mol. The average Bonchev–Trinajstić information content (AvgIpc) is 2.67. The van der Waals surface area contributed by atoms with Crippen LogP contribution in [0.5, 0.6) is 11.5 Å². The van der Waals surface area contributed by atoms with Gasteiger partial charge in [-0.25, -0.2) is 10.4 Å². The Hall–Kier alpha value is -2.64. The highest BCUT2D eigenvalue weighted by atomic mass is 79.9. The van der Waals surface area contributed by atoms with Crippen LogP contribution in [0.2, 0.25) is 5.15 Å². The predicted octanol–water partition coefficient (Wildman–Crippen LogP) is 4.19. The molecule has 0 fully saturated rings. The minimum Gasteiger partial charge on any atom is -0.497 e. The molecule has 1 aromatic heterocycles. The normalized spacial score (nSPS) is 10.9. The Kier molecular flexibility index (Phi) is 6.26. The van der Waals surface area contributed by atoms with Crippen molar-refractivity contribution in [3.63, 3.8) is 0 Å². The first-order chi connectivity index (χ1) is 13.1. The molecule has 1 heterocycles. The third-order valence-electron chi connectivity index (χ3n) is 3.60. The third kappa shape index (κ3) is 4.96. The molecule has 0 saturated carbocycles. The second-order valence-electron chi connectivity index (χ2n) is 5.44. The van der Waals surface area contributed by atoms with Gasteiger partial charge in [0.2, 0.25) is 0 Å². The van der Waals surface area contributed by atoms with Crippen LogP contribution >= 0.6 is 27.5 Å². The minimum atomic E-state index is -0.404. The highest BCUT2D eigenvalue weighted by Crippen LogP contribution is 2.29. The molecule has 0 atom stereocenters. The van der Waals surface area contributed by atoms with E-state index < -0.39 is 5.91 Å². The molecule has 0 aliphatic rings. The first kappa shape index (κ1) is 19.1. The molecule has 0 bridgehead atoms. The zero-order valence-electron chi connectivity index (χ0n) is 14.3. The predicted molar refractivity (Wildman–Crippen MR) is 109 cm³/mol. The molecule has 138 valence electrons. The van der Waals surface area contributed by atoms with E-state index in [1.807, 2.05) is 30.3 Å². The number of rotatable bonds is 6. The van der Waals surface area contributed by atoms with Gasteiger partial charge in [-0.1, -0.05) is 29.8 Å². The van der Waals surface area contributed by atoms with Crippen LogP contribution in [0.15, 0.2) is 58.1 Å². The molecule has 27 heavy (non-hydrogen) atoms. The highest BCUT2D eigenvalue weighted by molar-refractivity contribution is 9.10. The number of halogens is 2. The van der Waals surface area contributed by atoms with Gasteiger partial charge in [-0.05, 0) is 46.3 Å². The standard InChI is InChI=1S/C19H15BrClN3O3/c1-26-14-6-7-17(15(20)9-14)27-11-18(25)24-22-10-13-8-12-4-2-3-5-16(12)23-19(13)21/h2-10H,11H2,1H3,(H,24,25)/b22-10+. The van der Waals surface area contributed by atoms with Crippen molar-refractivity contribution in [2.75, 3.05) is 13.7 Å². The van der Waals surface area contributed by atoms with Crippen molar-refractivity contribution < 1.29 is 14.3 Å². The minimum absolute atomic E-state index is 0.189. The first-order valence-electron chi connectivity index (χ1n) is 7.90. The lowest BCUT2D eigenvalue weighted by atomic mass is 10.2. The summed E-state index contributed by atoms with van der Waals surface area (Å²) in [7, 11) is 1.57. The number of pyridine rings is 1. The molecular weight excluding hydrogens is 434 g/mol. The number of hydrazone groups is 1. The molecule has 8 heteroatoms. The van der Waals surface area contributed by atoms with Gasteiger partial charge in [0, 0.05) is 10.9 Å². The second-order valence-corrected chi connectivity index (χ2v) is 6.65. The van der Waals surface area contributed by atoms with Crippen molar-refractivity contribution in [2.24, 2.45) is 5.10 Å². The van der Waals surface area contributed by atoms with Gasteiger partial charge in [0.25, 0.3) is 5.91 Å². The Bertz CT molecular complexity index is 1010. The largest absolute Gasteiger partial charge is 0.497 e. The lowest BCUT2D eigenvalue weighted by Crippen LogP contribution is -2.24. The summed E-state index contributed by atoms with van der Waals surface area (Å²) < 4.78 is 11.2. The third-order valence-corrected chi connectivity index (χ3v) is 4.52. The quantitative estimate of drug-likeness (QED) is 0.349. The number of benzene rings is 2. The average molecular weight is 449 g/mol. The molecular formula is C19H15BrClN3O3. The Balaban J connectivity index is 1.58. The molecule has 0 spiro atoms. The van der Waals surface area contributed by atoms with Crippen LogP contribution in [-0.4, -0.2) is 30.8 Å².